The van der Waals surface area contributed by atoms with Crippen molar-refractivity contribution >= 4 is 5.71 Å². The van der Waals surface area contributed by atoms with E-state index in [4.69, 9.17) is 5.10 Å². The summed E-state index contributed by atoms with van der Waals surface area (Å²) in [6.07, 6.45) is 3.78. The lowest BCUT2D eigenvalue weighted by Crippen LogP contribution is -2.44. The highest BCUT2D eigenvalue weighted by Crippen LogP contribution is 2.42. The van der Waals surface area contributed by atoms with Gasteiger partial charge in [0.05, 0.1) is 5.71 Å². The van der Waals surface area contributed by atoms with Gasteiger partial charge in [0.15, 0.2) is 0 Å². The topological polar surface area (TPSA) is 28.5 Å². The molecule has 0 saturated heterocycles. The summed E-state index contributed by atoms with van der Waals surface area (Å²) in [4.78, 5) is 4.38. The van der Waals surface area contributed by atoms with E-state index in [1.807, 2.05) is 25.3 Å². The molecule has 0 amide bonds. The molecule has 3 heteroatoms. The number of hydrazone groups is 1. The van der Waals surface area contributed by atoms with Gasteiger partial charge in [0.1, 0.15) is 5.54 Å². The van der Waals surface area contributed by atoms with Gasteiger partial charge in [-0.15, -0.1) is 6.58 Å². The van der Waals surface area contributed by atoms with Crippen LogP contribution in [0.5, 0.6) is 0 Å². The molecular formula is C31H31N3. The van der Waals surface area contributed by atoms with Crippen LogP contribution in [-0.4, -0.2) is 22.8 Å². The summed E-state index contributed by atoms with van der Waals surface area (Å²) in [6, 6.07) is 35.9. The van der Waals surface area contributed by atoms with Crippen molar-refractivity contribution in [2.45, 2.75) is 19.4 Å². The Morgan fingerprint density at radius 3 is 1.74 bits per heavy atom. The minimum Gasteiger partial charge on any atom is -0.280 e. The van der Waals surface area contributed by atoms with Crippen LogP contribution < -0.4 is 0 Å². The molecule has 3 aromatic carbocycles. The highest BCUT2D eigenvalue weighted by molar-refractivity contribution is 6.02. The van der Waals surface area contributed by atoms with Gasteiger partial charge in [-0.25, -0.2) is 0 Å². The zero-order chi connectivity index (χ0) is 24.0. The maximum atomic E-state index is 5.31. The second kappa shape index (κ2) is 10.3. The first-order chi connectivity index (χ1) is 16.6. The molecule has 34 heavy (non-hydrogen) atoms. The second-order valence-corrected chi connectivity index (χ2v) is 8.53. The highest BCUT2D eigenvalue weighted by Gasteiger charge is 2.40. The van der Waals surface area contributed by atoms with Gasteiger partial charge in [0, 0.05) is 30.4 Å². The number of aromatic nitrogens is 1. The van der Waals surface area contributed by atoms with Gasteiger partial charge in [-0.05, 0) is 35.7 Å². The minimum absolute atomic E-state index is 0.0595. The molecule has 1 heterocycles. The summed E-state index contributed by atoms with van der Waals surface area (Å²) >= 11 is 0. The van der Waals surface area contributed by atoms with E-state index >= 15 is 0 Å². The maximum Gasteiger partial charge on any atom is 0.132 e. The molecule has 0 N–H and O–H groups in total. The monoisotopic (exact) mass is 445 g/mol. The van der Waals surface area contributed by atoms with Gasteiger partial charge in [0.25, 0.3) is 0 Å². The summed E-state index contributed by atoms with van der Waals surface area (Å²) in [6.45, 7) is 8.19. The summed E-state index contributed by atoms with van der Waals surface area (Å²) < 4.78 is 0. The summed E-state index contributed by atoms with van der Waals surface area (Å²) in [5, 5.41) is 7.42. The smallest absolute Gasteiger partial charge is 0.132 e. The van der Waals surface area contributed by atoms with Crippen LogP contribution in [0.1, 0.15) is 34.9 Å². The van der Waals surface area contributed by atoms with E-state index in [1.165, 1.54) is 0 Å². The fraction of sp³-hybridized carbons (Fsp3) is 0.161. The van der Waals surface area contributed by atoms with Crippen LogP contribution in [0.25, 0.3) is 0 Å². The molecule has 0 bridgehead atoms. The van der Waals surface area contributed by atoms with Crippen molar-refractivity contribution in [3.05, 3.63) is 150 Å². The Hall–Kier alpha value is -3.98. The van der Waals surface area contributed by atoms with Crippen LogP contribution in [0.3, 0.4) is 0 Å². The molecule has 0 aliphatic carbocycles. The van der Waals surface area contributed by atoms with Crippen molar-refractivity contribution < 1.29 is 0 Å². The molecule has 3 nitrogen and oxygen atoms in total. The van der Waals surface area contributed by atoms with Gasteiger partial charge < -0.3 is 0 Å². The zero-order valence-electron chi connectivity index (χ0n) is 20.1. The molecule has 0 spiro atoms. The van der Waals surface area contributed by atoms with Crippen LogP contribution in [0, 0.1) is 12.8 Å². The molecule has 1 atom stereocenters. The van der Waals surface area contributed by atoms with Crippen LogP contribution in [0.2, 0.25) is 0 Å². The Morgan fingerprint density at radius 1 is 0.853 bits per heavy atom. The third kappa shape index (κ3) is 4.42. The number of pyridine rings is 1. The minimum atomic E-state index is -0.627. The fourth-order valence-corrected chi connectivity index (χ4v) is 4.56. The maximum absolute atomic E-state index is 5.31. The Bertz CT molecular complexity index is 1150. The van der Waals surface area contributed by atoms with E-state index < -0.39 is 5.54 Å². The Labute approximate surface area is 203 Å². The van der Waals surface area contributed by atoms with E-state index in [0.29, 0.717) is 0 Å². The lowest BCUT2D eigenvalue weighted by Gasteiger charge is -2.42. The lowest BCUT2D eigenvalue weighted by atomic mass is 9.76. The predicted octanol–water partition coefficient (Wildman–Crippen LogP) is 6.84. The van der Waals surface area contributed by atoms with Gasteiger partial charge >= 0.3 is 0 Å². The summed E-state index contributed by atoms with van der Waals surface area (Å²) in [5.74, 6) is 0.0595. The number of aryl methyl sites for hydroxylation is 1. The quantitative estimate of drug-likeness (QED) is 0.129. The van der Waals surface area contributed by atoms with E-state index in [-0.39, 0.29) is 5.92 Å². The van der Waals surface area contributed by atoms with Crippen LogP contribution in [0.15, 0.2) is 127 Å². The predicted molar refractivity (Wildman–Crippen MR) is 142 cm³/mol. The largest absolute Gasteiger partial charge is 0.280 e. The van der Waals surface area contributed by atoms with Crippen molar-refractivity contribution in [1.29, 1.82) is 0 Å². The van der Waals surface area contributed by atoms with Gasteiger partial charge in [0.2, 0.25) is 0 Å². The van der Waals surface area contributed by atoms with Gasteiger partial charge in [-0.1, -0.05) is 104 Å². The third-order valence-electron chi connectivity index (χ3n) is 6.30. The van der Waals surface area contributed by atoms with Gasteiger partial charge in [-0.2, -0.15) is 5.10 Å². The van der Waals surface area contributed by atoms with Crippen LogP contribution in [-0.2, 0) is 5.54 Å². The normalized spacial score (nSPS) is 12.7. The molecule has 1 aromatic heterocycles. The standard InChI is InChI=1S/C31H31N3/c1-5-24(2)30(26-21-22-32-25(3)23-26)33-34(4)31(27-15-9-6-10-16-27,28-17-11-7-12-18-28)29-19-13-8-14-20-29/h5-24H,1H2,2-4H3/b33-30+. The number of benzene rings is 3. The molecule has 0 fully saturated rings. The molecule has 4 rings (SSSR count). The van der Waals surface area contributed by atoms with Gasteiger partial charge in [-0.3, -0.25) is 9.99 Å². The van der Waals surface area contributed by atoms with E-state index in [0.717, 1.165) is 33.7 Å². The number of allylic oxidation sites excluding steroid dienone is 1. The molecule has 1 unspecified atom stereocenters. The van der Waals surface area contributed by atoms with Crippen LogP contribution >= 0.6 is 0 Å². The Morgan fingerprint density at radius 2 is 1.32 bits per heavy atom. The van der Waals surface area contributed by atoms with Crippen molar-refractivity contribution in [2.75, 3.05) is 7.05 Å². The number of hydrogen-bond donors (Lipinski definition) is 0. The van der Waals surface area contributed by atoms with Crippen molar-refractivity contribution in [3.63, 3.8) is 0 Å². The molecule has 0 aliphatic rings. The van der Waals surface area contributed by atoms with E-state index in [9.17, 15) is 0 Å². The fourth-order valence-electron chi connectivity index (χ4n) is 4.56. The van der Waals surface area contributed by atoms with Crippen molar-refractivity contribution in [2.24, 2.45) is 11.0 Å². The number of hydrogen-bond acceptors (Lipinski definition) is 3. The molecular weight excluding hydrogens is 414 g/mol. The average molecular weight is 446 g/mol. The third-order valence-corrected chi connectivity index (χ3v) is 6.30. The Kier molecular flexibility index (Phi) is 7.03. The second-order valence-electron chi connectivity index (χ2n) is 8.53. The first-order valence-corrected chi connectivity index (χ1v) is 11.6. The first-order valence-electron chi connectivity index (χ1n) is 11.6. The van der Waals surface area contributed by atoms with E-state index in [2.05, 4.69) is 128 Å². The molecule has 4 aromatic rings. The van der Waals surface area contributed by atoms with Crippen molar-refractivity contribution in [1.82, 2.24) is 9.99 Å². The van der Waals surface area contributed by atoms with Crippen molar-refractivity contribution in [3.8, 4) is 0 Å². The molecule has 0 radical (unpaired) electrons. The highest BCUT2D eigenvalue weighted by atomic mass is 15.5. The zero-order valence-corrected chi connectivity index (χ0v) is 20.1. The van der Waals surface area contributed by atoms with E-state index in [1.54, 1.807) is 0 Å². The first kappa shape index (κ1) is 23.2. The average Bonchev–Trinajstić information content (AvgIpc) is 2.89. The Balaban J connectivity index is 2.02. The molecule has 0 aliphatic heterocycles. The molecule has 170 valence electrons. The number of rotatable bonds is 8. The summed E-state index contributed by atoms with van der Waals surface area (Å²) in [5.41, 5.74) is 5.79. The van der Waals surface area contributed by atoms with Crippen LogP contribution in [0.4, 0.5) is 0 Å². The number of nitrogens with zero attached hydrogens (tertiary/aromatic N) is 3. The lowest BCUT2D eigenvalue weighted by molar-refractivity contribution is 0.208. The molecule has 0 saturated carbocycles. The summed E-state index contributed by atoms with van der Waals surface area (Å²) in [7, 11) is 2.07. The SMILES string of the molecule is C=CC(C)/C(=N\N(C)C(c1ccccc1)(c1ccccc1)c1ccccc1)c1ccnc(C)c1.